The van der Waals surface area contributed by atoms with Crippen LogP contribution >= 0.6 is 0 Å². The van der Waals surface area contributed by atoms with Gasteiger partial charge in [-0.3, -0.25) is 4.79 Å². The standard InChI is InChI=1S/C23H23FN4O3/c1-15(17-6-3-9-20(12-17)28-16(2)29)27-23(30)26-14-18-7-5-11-25-22(18)31-21-10-4-8-19(24)13-21/h3-13,15H,14H2,1-2H3,(H,28,29)(H2,26,27,30). The second-order valence-electron chi connectivity index (χ2n) is 6.88. The minimum absolute atomic E-state index is 0.164. The lowest BCUT2D eigenvalue weighted by atomic mass is 10.1. The topological polar surface area (TPSA) is 92.4 Å². The lowest BCUT2D eigenvalue weighted by molar-refractivity contribution is -0.114. The van der Waals surface area contributed by atoms with Crippen molar-refractivity contribution in [1.29, 1.82) is 0 Å². The number of hydrogen-bond donors (Lipinski definition) is 3. The van der Waals surface area contributed by atoms with Gasteiger partial charge in [0.1, 0.15) is 11.6 Å². The first kappa shape index (κ1) is 21.8. The van der Waals surface area contributed by atoms with Gasteiger partial charge in [0.25, 0.3) is 0 Å². The number of rotatable bonds is 7. The monoisotopic (exact) mass is 422 g/mol. The number of nitrogens with one attached hydrogen (secondary N) is 3. The summed E-state index contributed by atoms with van der Waals surface area (Å²) in [6.07, 6.45) is 1.56. The maximum Gasteiger partial charge on any atom is 0.315 e. The molecule has 160 valence electrons. The second kappa shape index (κ2) is 10.2. The van der Waals surface area contributed by atoms with E-state index in [4.69, 9.17) is 4.74 Å². The highest BCUT2D eigenvalue weighted by Gasteiger charge is 2.12. The molecular formula is C23H23FN4O3. The summed E-state index contributed by atoms with van der Waals surface area (Å²) >= 11 is 0. The van der Waals surface area contributed by atoms with Gasteiger partial charge in [-0.05, 0) is 42.8 Å². The van der Waals surface area contributed by atoms with Crippen LogP contribution in [0, 0.1) is 5.82 Å². The van der Waals surface area contributed by atoms with Crippen LogP contribution < -0.4 is 20.7 Å². The molecule has 0 saturated carbocycles. The number of urea groups is 1. The van der Waals surface area contributed by atoms with Crippen molar-refractivity contribution in [2.24, 2.45) is 0 Å². The molecule has 31 heavy (non-hydrogen) atoms. The highest BCUT2D eigenvalue weighted by atomic mass is 19.1. The minimum atomic E-state index is -0.413. The van der Waals surface area contributed by atoms with Crippen LogP contribution in [-0.4, -0.2) is 16.9 Å². The van der Waals surface area contributed by atoms with E-state index in [2.05, 4.69) is 20.9 Å². The van der Waals surface area contributed by atoms with E-state index in [1.807, 2.05) is 19.1 Å². The summed E-state index contributed by atoms with van der Waals surface area (Å²) in [5.41, 5.74) is 2.15. The Kier molecular flexibility index (Phi) is 7.16. The zero-order chi connectivity index (χ0) is 22.2. The lowest BCUT2D eigenvalue weighted by Crippen LogP contribution is -2.36. The third-order valence-corrected chi connectivity index (χ3v) is 4.35. The average Bonchev–Trinajstić information content (AvgIpc) is 2.73. The van der Waals surface area contributed by atoms with E-state index in [-0.39, 0.29) is 30.4 Å². The molecular weight excluding hydrogens is 399 g/mol. The highest BCUT2D eigenvalue weighted by molar-refractivity contribution is 5.88. The predicted molar refractivity (Wildman–Crippen MR) is 115 cm³/mol. The molecule has 0 saturated heterocycles. The summed E-state index contributed by atoms with van der Waals surface area (Å²) < 4.78 is 19.0. The van der Waals surface area contributed by atoms with Crippen molar-refractivity contribution in [2.75, 3.05) is 5.32 Å². The maximum absolute atomic E-state index is 13.4. The molecule has 0 spiro atoms. The van der Waals surface area contributed by atoms with Crippen LogP contribution in [-0.2, 0) is 11.3 Å². The SMILES string of the molecule is CC(=O)Nc1cccc(C(C)NC(=O)NCc2cccnc2Oc2cccc(F)c2)c1. The third-order valence-electron chi connectivity index (χ3n) is 4.35. The van der Waals surface area contributed by atoms with Crippen LogP contribution in [0.3, 0.4) is 0 Å². The zero-order valence-electron chi connectivity index (χ0n) is 17.2. The molecule has 1 unspecified atom stereocenters. The Labute approximate surface area is 179 Å². The molecule has 3 N–H and O–H groups in total. The van der Waals surface area contributed by atoms with Gasteiger partial charge >= 0.3 is 6.03 Å². The quantitative estimate of drug-likeness (QED) is 0.522. The summed E-state index contributed by atoms with van der Waals surface area (Å²) in [5.74, 6) is 0.0221. The van der Waals surface area contributed by atoms with E-state index in [9.17, 15) is 14.0 Å². The third kappa shape index (κ3) is 6.53. The van der Waals surface area contributed by atoms with E-state index in [1.54, 1.807) is 42.6 Å². The number of carbonyl (C=O) groups is 2. The molecule has 1 aromatic heterocycles. The van der Waals surface area contributed by atoms with E-state index < -0.39 is 5.82 Å². The molecule has 0 aliphatic carbocycles. The summed E-state index contributed by atoms with van der Waals surface area (Å²) in [6, 6.07) is 15.8. The number of benzene rings is 2. The fraction of sp³-hybridized carbons (Fsp3) is 0.174. The normalized spacial score (nSPS) is 11.3. The summed E-state index contributed by atoms with van der Waals surface area (Å²) in [7, 11) is 0. The van der Waals surface area contributed by atoms with Crippen molar-refractivity contribution in [3.05, 3.63) is 83.8 Å². The van der Waals surface area contributed by atoms with E-state index in [0.717, 1.165) is 5.56 Å². The van der Waals surface area contributed by atoms with Crippen LogP contribution in [0.2, 0.25) is 0 Å². The average molecular weight is 422 g/mol. The van der Waals surface area contributed by atoms with Crippen molar-refractivity contribution in [3.63, 3.8) is 0 Å². The number of amides is 3. The Morgan fingerprint density at radius 3 is 2.68 bits per heavy atom. The van der Waals surface area contributed by atoms with Gasteiger partial charge in [-0.25, -0.2) is 14.2 Å². The van der Waals surface area contributed by atoms with Crippen molar-refractivity contribution >= 4 is 17.6 Å². The molecule has 3 aromatic rings. The Morgan fingerprint density at radius 1 is 1.10 bits per heavy atom. The van der Waals surface area contributed by atoms with Crippen LogP contribution in [0.1, 0.15) is 31.0 Å². The lowest BCUT2D eigenvalue weighted by Gasteiger charge is -2.17. The first-order valence-electron chi connectivity index (χ1n) is 9.70. The molecule has 3 amide bonds. The molecule has 8 heteroatoms. The Hall–Kier alpha value is -3.94. The van der Waals surface area contributed by atoms with Gasteiger partial charge < -0.3 is 20.7 Å². The van der Waals surface area contributed by atoms with Gasteiger partial charge in [-0.1, -0.05) is 24.3 Å². The number of pyridine rings is 1. The Bertz CT molecular complexity index is 1070. The predicted octanol–water partition coefficient (Wildman–Crippen LogP) is 4.53. The molecule has 0 aliphatic rings. The first-order valence-corrected chi connectivity index (χ1v) is 9.70. The largest absolute Gasteiger partial charge is 0.439 e. The molecule has 0 fully saturated rings. The van der Waals surface area contributed by atoms with Gasteiger partial charge in [0.2, 0.25) is 11.8 Å². The minimum Gasteiger partial charge on any atom is -0.439 e. The van der Waals surface area contributed by atoms with Gasteiger partial charge in [-0.2, -0.15) is 0 Å². The zero-order valence-corrected chi connectivity index (χ0v) is 17.2. The summed E-state index contributed by atoms with van der Waals surface area (Å²) in [6.45, 7) is 3.45. The van der Waals surface area contributed by atoms with Crippen LogP contribution in [0.4, 0.5) is 14.9 Å². The van der Waals surface area contributed by atoms with Crippen molar-refractivity contribution in [1.82, 2.24) is 15.6 Å². The van der Waals surface area contributed by atoms with Gasteiger partial charge in [0.05, 0.1) is 6.04 Å². The molecule has 0 bridgehead atoms. The smallest absolute Gasteiger partial charge is 0.315 e. The second-order valence-corrected chi connectivity index (χ2v) is 6.88. The van der Waals surface area contributed by atoms with E-state index in [0.29, 0.717) is 17.0 Å². The maximum atomic E-state index is 13.4. The number of anilines is 1. The molecule has 1 heterocycles. The van der Waals surface area contributed by atoms with Crippen molar-refractivity contribution < 1.29 is 18.7 Å². The number of nitrogens with zero attached hydrogens (tertiary/aromatic N) is 1. The Balaban J connectivity index is 1.59. The molecule has 0 radical (unpaired) electrons. The number of halogens is 1. The summed E-state index contributed by atoms with van der Waals surface area (Å²) in [5, 5.41) is 8.34. The fourth-order valence-corrected chi connectivity index (χ4v) is 2.89. The number of ether oxygens (including phenoxy) is 1. The molecule has 1 atom stereocenters. The summed E-state index contributed by atoms with van der Waals surface area (Å²) in [4.78, 5) is 27.8. The number of carbonyl (C=O) groups excluding carboxylic acids is 2. The van der Waals surface area contributed by atoms with E-state index >= 15 is 0 Å². The highest BCUT2D eigenvalue weighted by Crippen LogP contribution is 2.23. The molecule has 2 aromatic carbocycles. The van der Waals surface area contributed by atoms with Crippen molar-refractivity contribution in [3.8, 4) is 11.6 Å². The van der Waals surface area contributed by atoms with E-state index in [1.165, 1.54) is 19.1 Å². The fourth-order valence-electron chi connectivity index (χ4n) is 2.89. The van der Waals surface area contributed by atoms with Crippen LogP contribution in [0.25, 0.3) is 0 Å². The Morgan fingerprint density at radius 2 is 1.90 bits per heavy atom. The van der Waals surface area contributed by atoms with Gasteiger partial charge in [0.15, 0.2) is 0 Å². The molecule has 7 nitrogen and oxygen atoms in total. The van der Waals surface area contributed by atoms with Crippen LogP contribution in [0.5, 0.6) is 11.6 Å². The van der Waals surface area contributed by atoms with Gasteiger partial charge in [-0.15, -0.1) is 0 Å². The first-order chi connectivity index (χ1) is 14.9. The number of hydrogen-bond acceptors (Lipinski definition) is 4. The number of aromatic nitrogens is 1. The molecule has 3 rings (SSSR count). The molecule has 0 aliphatic heterocycles. The van der Waals surface area contributed by atoms with Gasteiger partial charge in [0, 0.05) is 37.0 Å². The van der Waals surface area contributed by atoms with Crippen molar-refractivity contribution in [2.45, 2.75) is 26.4 Å². The van der Waals surface area contributed by atoms with Crippen LogP contribution in [0.15, 0.2) is 66.9 Å².